The van der Waals surface area contributed by atoms with Gasteiger partial charge in [-0.2, -0.15) is 0 Å². The van der Waals surface area contributed by atoms with Crippen molar-refractivity contribution in [1.82, 2.24) is 19.2 Å². The maximum atomic E-state index is 13.0. The lowest BCUT2D eigenvalue weighted by molar-refractivity contribution is 0.0834. The molecule has 1 aliphatic heterocycles. The van der Waals surface area contributed by atoms with Gasteiger partial charge in [-0.3, -0.25) is 9.20 Å². The highest BCUT2D eigenvalue weighted by molar-refractivity contribution is 5.36. The van der Waals surface area contributed by atoms with Crippen molar-refractivity contribution in [3.63, 3.8) is 0 Å². The van der Waals surface area contributed by atoms with Gasteiger partial charge in [0, 0.05) is 37.6 Å². The molecule has 0 amide bonds. The highest BCUT2D eigenvalue weighted by Gasteiger charge is 2.24. The van der Waals surface area contributed by atoms with Gasteiger partial charge in [-0.1, -0.05) is 19.8 Å². The summed E-state index contributed by atoms with van der Waals surface area (Å²) < 4.78 is 9.28. The van der Waals surface area contributed by atoms with E-state index in [0.29, 0.717) is 17.5 Å². The molecule has 0 bridgehead atoms. The molecule has 0 aromatic carbocycles. The smallest absolute Gasteiger partial charge is 0.296 e. The quantitative estimate of drug-likeness (QED) is 0.859. The van der Waals surface area contributed by atoms with Crippen LogP contribution in [0.3, 0.4) is 0 Å². The van der Waals surface area contributed by atoms with E-state index in [4.69, 9.17) is 4.74 Å². The summed E-state index contributed by atoms with van der Waals surface area (Å²) in [6.45, 7) is 6.69. The maximum absolute atomic E-state index is 13.0. The molecule has 3 heterocycles. The van der Waals surface area contributed by atoms with E-state index >= 15 is 0 Å². The molecule has 0 radical (unpaired) electrons. The van der Waals surface area contributed by atoms with Crippen molar-refractivity contribution in [2.45, 2.75) is 64.8 Å². The van der Waals surface area contributed by atoms with Crippen molar-refractivity contribution in [3.05, 3.63) is 28.1 Å². The Bertz CT molecular complexity index is 796. The van der Waals surface area contributed by atoms with Crippen LogP contribution in [0.5, 0.6) is 0 Å². The first-order valence-electron chi connectivity index (χ1n) is 9.66. The Morgan fingerprint density at radius 2 is 1.84 bits per heavy atom. The molecule has 0 spiro atoms. The molecular formula is C19H28N4O2. The molecule has 2 fully saturated rings. The Kier molecular flexibility index (Phi) is 4.63. The third kappa shape index (κ3) is 3.24. The van der Waals surface area contributed by atoms with Crippen molar-refractivity contribution >= 4 is 5.65 Å². The van der Waals surface area contributed by atoms with Crippen molar-refractivity contribution in [3.8, 4) is 0 Å². The van der Waals surface area contributed by atoms with Gasteiger partial charge in [0.15, 0.2) is 0 Å². The molecule has 2 aromatic heterocycles. The molecule has 1 aliphatic carbocycles. The number of hydrogen-bond donors (Lipinski definition) is 0. The van der Waals surface area contributed by atoms with E-state index in [1.54, 1.807) is 0 Å². The summed E-state index contributed by atoms with van der Waals surface area (Å²) in [7, 11) is 0. The average molecular weight is 344 g/mol. The lowest BCUT2D eigenvalue weighted by Gasteiger charge is -2.27. The molecule has 2 aliphatic rings. The first-order valence-corrected chi connectivity index (χ1v) is 9.66. The third-order valence-electron chi connectivity index (χ3n) is 6.06. The Balaban J connectivity index is 1.64. The van der Waals surface area contributed by atoms with Crippen LogP contribution >= 0.6 is 0 Å². The van der Waals surface area contributed by atoms with Gasteiger partial charge >= 0.3 is 0 Å². The highest BCUT2D eigenvalue weighted by atomic mass is 16.5. The molecule has 1 saturated heterocycles. The van der Waals surface area contributed by atoms with E-state index in [1.165, 1.54) is 25.7 Å². The zero-order valence-electron chi connectivity index (χ0n) is 15.3. The molecular weight excluding hydrogens is 316 g/mol. The second-order valence-electron chi connectivity index (χ2n) is 7.95. The van der Waals surface area contributed by atoms with Gasteiger partial charge in [-0.25, -0.2) is 0 Å². The van der Waals surface area contributed by atoms with Crippen LogP contribution in [0.4, 0.5) is 0 Å². The van der Waals surface area contributed by atoms with E-state index in [2.05, 4.69) is 17.1 Å². The zero-order chi connectivity index (χ0) is 17.4. The molecule has 4 rings (SSSR count). The molecule has 6 heteroatoms. The fourth-order valence-corrected chi connectivity index (χ4v) is 4.34. The molecule has 0 unspecified atom stereocenters. The number of rotatable bonds is 3. The summed E-state index contributed by atoms with van der Waals surface area (Å²) in [5, 5.41) is 8.60. The first-order chi connectivity index (χ1) is 12.1. The van der Waals surface area contributed by atoms with E-state index in [1.807, 2.05) is 22.1 Å². The molecule has 0 atom stereocenters. The third-order valence-corrected chi connectivity index (χ3v) is 6.06. The number of aromatic nitrogens is 4. The molecule has 25 heavy (non-hydrogen) atoms. The Morgan fingerprint density at radius 3 is 2.56 bits per heavy atom. The Labute approximate surface area is 148 Å². The average Bonchev–Trinajstić information content (AvgIpc) is 3.05. The van der Waals surface area contributed by atoms with Crippen LogP contribution in [-0.4, -0.2) is 32.4 Å². The van der Waals surface area contributed by atoms with Crippen LogP contribution in [0, 0.1) is 18.8 Å². The van der Waals surface area contributed by atoms with Crippen molar-refractivity contribution in [2.24, 2.45) is 11.8 Å². The van der Waals surface area contributed by atoms with E-state index < -0.39 is 0 Å². The minimum Gasteiger partial charge on any atom is -0.381 e. The minimum atomic E-state index is 0.00410. The fourth-order valence-electron chi connectivity index (χ4n) is 4.34. The SMILES string of the molecule is Cc1cn2c(C3CCOCC3)nnc2c(=O)n1CC1CCC(C)CC1. The number of ether oxygens (including phenoxy) is 1. The van der Waals surface area contributed by atoms with Gasteiger partial charge in [-0.05, 0) is 44.4 Å². The fraction of sp³-hybridized carbons (Fsp3) is 0.737. The summed E-state index contributed by atoms with van der Waals surface area (Å²) in [5.74, 6) is 2.68. The van der Waals surface area contributed by atoms with Gasteiger partial charge in [0.2, 0.25) is 5.65 Å². The molecule has 6 nitrogen and oxygen atoms in total. The minimum absolute atomic E-state index is 0.00410. The monoisotopic (exact) mass is 344 g/mol. The first kappa shape index (κ1) is 16.8. The maximum Gasteiger partial charge on any atom is 0.296 e. The topological polar surface area (TPSA) is 61.4 Å². The van der Waals surface area contributed by atoms with Crippen LogP contribution < -0.4 is 5.56 Å². The van der Waals surface area contributed by atoms with Crippen LogP contribution in [0.1, 0.15) is 62.9 Å². The Hall–Kier alpha value is -1.69. The van der Waals surface area contributed by atoms with E-state index in [9.17, 15) is 4.79 Å². The largest absolute Gasteiger partial charge is 0.381 e. The predicted molar refractivity (Wildman–Crippen MR) is 95.9 cm³/mol. The van der Waals surface area contributed by atoms with Crippen molar-refractivity contribution in [1.29, 1.82) is 0 Å². The van der Waals surface area contributed by atoms with Crippen LogP contribution in [-0.2, 0) is 11.3 Å². The zero-order valence-corrected chi connectivity index (χ0v) is 15.3. The summed E-state index contributed by atoms with van der Waals surface area (Å²) in [4.78, 5) is 13.0. The Morgan fingerprint density at radius 1 is 1.12 bits per heavy atom. The lowest BCUT2D eigenvalue weighted by atomic mass is 9.83. The molecule has 136 valence electrons. The molecule has 1 saturated carbocycles. The second kappa shape index (κ2) is 6.90. The normalized spacial score (nSPS) is 25.5. The highest BCUT2D eigenvalue weighted by Crippen LogP contribution is 2.29. The second-order valence-corrected chi connectivity index (χ2v) is 7.95. The summed E-state index contributed by atoms with van der Waals surface area (Å²) in [5.41, 5.74) is 1.48. The van der Waals surface area contributed by atoms with Crippen molar-refractivity contribution < 1.29 is 4.74 Å². The van der Waals surface area contributed by atoms with Crippen LogP contribution in [0.25, 0.3) is 5.65 Å². The summed E-state index contributed by atoms with van der Waals surface area (Å²) in [6.07, 6.45) is 8.94. The summed E-state index contributed by atoms with van der Waals surface area (Å²) in [6, 6.07) is 0. The van der Waals surface area contributed by atoms with E-state index in [0.717, 1.165) is 50.0 Å². The molecule has 2 aromatic rings. The van der Waals surface area contributed by atoms with Gasteiger partial charge in [0.25, 0.3) is 5.56 Å². The number of aryl methyl sites for hydroxylation is 1. The predicted octanol–water partition coefficient (Wildman–Crippen LogP) is 2.92. The van der Waals surface area contributed by atoms with Gasteiger partial charge in [0.1, 0.15) is 5.82 Å². The molecule has 0 N–H and O–H groups in total. The lowest BCUT2D eigenvalue weighted by Crippen LogP contribution is -2.29. The number of nitrogens with zero attached hydrogens (tertiary/aromatic N) is 4. The van der Waals surface area contributed by atoms with Gasteiger partial charge < -0.3 is 9.30 Å². The van der Waals surface area contributed by atoms with Crippen molar-refractivity contribution in [2.75, 3.05) is 13.2 Å². The van der Waals surface area contributed by atoms with Crippen LogP contribution in [0.2, 0.25) is 0 Å². The van der Waals surface area contributed by atoms with Gasteiger partial charge in [0.05, 0.1) is 0 Å². The number of fused-ring (bicyclic) bond motifs is 1. The summed E-state index contributed by atoms with van der Waals surface area (Å²) >= 11 is 0. The number of hydrogen-bond acceptors (Lipinski definition) is 4. The van der Waals surface area contributed by atoms with Gasteiger partial charge in [-0.15, -0.1) is 10.2 Å². The van der Waals surface area contributed by atoms with Crippen LogP contribution in [0.15, 0.2) is 11.0 Å². The standard InChI is InChI=1S/C19H28N4O2/c1-13-3-5-15(6-4-13)12-22-14(2)11-23-17(16-7-9-25-10-8-16)20-21-18(23)19(22)24/h11,13,15-16H,3-10,12H2,1-2H3. The van der Waals surface area contributed by atoms with E-state index in [-0.39, 0.29) is 5.56 Å².